The molecule has 0 heterocycles. The number of benzene rings is 2. The van der Waals surface area contributed by atoms with Crippen LogP contribution in [0.5, 0.6) is 0 Å². The summed E-state index contributed by atoms with van der Waals surface area (Å²) in [5.41, 5.74) is 3.65. The molecular weight excluding hydrogens is 256 g/mol. The van der Waals surface area contributed by atoms with Gasteiger partial charge in [0.15, 0.2) is 0 Å². The van der Waals surface area contributed by atoms with Crippen molar-refractivity contribution in [3.05, 3.63) is 59.7 Å². The number of halogens is 1. The van der Waals surface area contributed by atoms with Crippen LogP contribution in [-0.4, -0.2) is 11.0 Å². The number of hydrogen-bond donors (Lipinski definition) is 1. The third-order valence-corrected chi connectivity index (χ3v) is 3.66. The molecule has 1 unspecified atom stereocenters. The smallest absolute Gasteiger partial charge is 0.0879 e. The first-order valence-electron chi connectivity index (χ1n) is 6.49. The molecule has 1 atom stereocenters. The van der Waals surface area contributed by atoms with Crippen LogP contribution in [-0.2, 0) is 5.60 Å². The fourth-order valence-electron chi connectivity index (χ4n) is 2.10. The number of hydrogen-bond acceptors (Lipinski definition) is 1. The van der Waals surface area contributed by atoms with Crippen LogP contribution in [0, 0.1) is 6.92 Å². The molecular formula is C17H19ClO. The largest absolute Gasteiger partial charge is 0.385 e. The van der Waals surface area contributed by atoms with Gasteiger partial charge in [-0.15, -0.1) is 11.6 Å². The second-order valence-electron chi connectivity index (χ2n) is 5.16. The Balaban J connectivity index is 2.25. The van der Waals surface area contributed by atoms with E-state index in [0.29, 0.717) is 12.3 Å². The molecule has 19 heavy (non-hydrogen) atoms. The van der Waals surface area contributed by atoms with Gasteiger partial charge in [-0.25, -0.2) is 0 Å². The van der Waals surface area contributed by atoms with E-state index in [1.54, 1.807) is 6.92 Å². The quantitative estimate of drug-likeness (QED) is 0.814. The molecule has 0 aliphatic rings. The minimum absolute atomic E-state index is 0.451. The lowest BCUT2D eigenvalue weighted by Crippen LogP contribution is -2.21. The van der Waals surface area contributed by atoms with Crippen molar-refractivity contribution in [2.75, 3.05) is 5.88 Å². The van der Waals surface area contributed by atoms with Crippen molar-refractivity contribution < 1.29 is 5.11 Å². The molecule has 0 saturated carbocycles. The number of aliphatic hydroxyl groups is 1. The number of alkyl halides is 1. The van der Waals surface area contributed by atoms with Crippen LogP contribution >= 0.6 is 11.6 Å². The monoisotopic (exact) mass is 274 g/mol. The van der Waals surface area contributed by atoms with Gasteiger partial charge in [0.05, 0.1) is 5.60 Å². The van der Waals surface area contributed by atoms with Gasteiger partial charge in [0.1, 0.15) is 0 Å². The lowest BCUT2D eigenvalue weighted by atomic mass is 9.91. The van der Waals surface area contributed by atoms with Crippen molar-refractivity contribution in [1.29, 1.82) is 0 Å². The summed E-state index contributed by atoms with van der Waals surface area (Å²) in [7, 11) is 0. The van der Waals surface area contributed by atoms with Gasteiger partial charge in [0.2, 0.25) is 0 Å². The zero-order chi connectivity index (χ0) is 13.9. The fourth-order valence-corrected chi connectivity index (χ4v) is 2.46. The number of aryl methyl sites for hydroxylation is 1. The third-order valence-electron chi connectivity index (χ3n) is 3.47. The molecule has 0 aliphatic heterocycles. The summed E-state index contributed by atoms with van der Waals surface area (Å²) in [6.07, 6.45) is 0.554. The van der Waals surface area contributed by atoms with Crippen LogP contribution in [0.25, 0.3) is 11.1 Å². The van der Waals surface area contributed by atoms with Crippen molar-refractivity contribution in [2.45, 2.75) is 25.9 Å². The van der Waals surface area contributed by atoms with E-state index >= 15 is 0 Å². The molecule has 0 fully saturated rings. The summed E-state index contributed by atoms with van der Waals surface area (Å²) in [5.74, 6) is 0.451. The van der Waals surface area contributed by atoms with Crippen molar-refractivity contribution >= 4 is 11.6 Å². The van der Waals surface area contributed by atoms with Crippen molar-refractivity contribution in [3.63, 3.8) is 0 Å². The Hall–Kier alpha value is -1.31. The van der Waals surface area contributed by atoms with Crippen molar-refractivity contribution in [1.82, 2.24) is 0 Å². The Bertz CT molecular complexity index is 526. The second kappa shape index (κ2) is 5.77. The summed E-state index contributed by atoms with van der Waals surface area (Å²) in [5, 5.41) is 10.3. The third kappa shape index (κ3) is 3.37. The SMILES string of the molecule is Cc1ccc(-c2ccc(C(C)(O)CCCl)cc2)cc1. The normalized spacial score (nSPS) is 14.1. The predicted octanol–water partition coefficient (Wildman–Crippen LogP) is 4.50. The minimum Gasteiger partial charge on any atom is -0.385 e. The second-order valence-corrected chi connectivity index (χ2v) is 5.53. The topological polar surface area (TPSA) is 20.2 Å². The summed E-state index contributed by atoms with van der Waals surface area (Å²) < 4.78 is 0. The van der Waals surface area contributed by atoms with E-state index in [1.165, 1.54) is 11.1 Å². The molecule has 0 spiro atoms. The Morgan fingerprint density at radius 2 is 1.42 bits per heavy atom. The highest BCUT2D eigenvalue weighted by Crippen LogP contribution is 2.27. The fraction of sp³-hybridized carbons (Fsp3) is 0.294. The van der Waals surface area contributed by atoms with E-state index in [0.717, 1.165) is 11.1 Å². The first-order valence-corrected chi connectivity index (χ1v) is 7.02. The van der Waals surface area contributed by atoms with E-state index in [2.05, 4.69) is 31.2 Å². The van der Waals surface area contributed by atoms with Gasteiger partial charge < -0.3 is 5.11 Å². The average Bonchev–Trinajstić information content (AvgIpc) is 2.40. The Morgan fingerprint density at radius 3 is 1.89 bits per heavy atom. The molecule has 1 nitrogen and oxygen atoms in total. The highest BCUT2D eigenvalue weighted by atomic mass is 35.5. The molecule has 0 aromatic heterocycles. The molecule has 1 N–H and O–H groups in total. The van der Waals surface area contributed by atoms with Crippen molar-refractivity contribution in [2.24, 2.45) is 0 Å². The molecule has 0 amide bonds. The van der Waals surface area contributed by atoms with Crippen molar-refractivity contribution in [3.8, 4) is 11.1 Å². The van der Waals surface area contributed by atoms with E-state index in [9.17, 15) is 5.11 Å². The highest BCUT2D eigenvalue weighted by molar-refractivity contribution is 6.17. The number of rotatable bonds is 4. The molecule has 2 aromatic rings. The average molecular weight is 275 g/mol. The van der Waals surface area contributed by atoms with Crippen LogP contribution < -0.4 is 0 Å². The molecule has 0 radical (unpaired) electrons. The molecule has 2 heteroatoms. The maximum absolute atomic E-state index is 10.3. The zero-order valence-electron chi connectivity index (χ0n) is 11.4. The summed E-state index contributed by atoms with van der Waals surface area (Å²) >= 11 is 5.72. The summed E-state index contributed by atoms with van der Waals surface area (Å²) in [6, 6.07) is 16.5. The first kappa shape index (κ1) is 14.1. The molecule has 0 saturated heterocycles. The van der Waals surface area contributed by atoms with Gasteiger partial charge in [-0.05, 0) is 37.0 Å². The van der Waals surface area contributed by atoms with Gasteiger partial charge in [0.25, 0.3) is 0 Å². The molecule has 2 rings (SSSR count). The van der Waals surface area contributed by atoms with Crippen LogP contribution in [0.2, 0.25) is 0 Å². The lowest BCUT2D eigenvalue weighted by molar-refractivity contribution is 0.0540. The van der Waals surface area contributed by atoms with Gasteiger partial charge in [-0.3, -0.25) is 0 Å². The predicted molar refractivity (Wildman–Crippen MR) is 81.5 cm³/mol. The van der Waals surface area contributed by atoms with E-state index < -0.39 is 5.60 Å². The van der Waals surface area contributed by atoms with Crippen LogP contribution in [0.3, 0.4) is 0 Å². The maximum Gasteiger partial charge on any atom is 0.0879 e. The highest BCUT2D eigenvalue weighted by Gasteiger charge is 2.21. The zero-order valence-corrected chi connectivity index (χ0v) is 12.1. The lowest BCUT2D eigenvalue weighted by Gasteiger charge is -2.23. The summed E-state index contributed by atoms with van der Waals surface area (Å²) in [6.45, 7) is 3.88. The van der Waals surface area contributed by atoms with Crippen LogP contribution in [0.15, 0.2) is 48.5 Å². The van der Waals surface area contributed by atoms with Gasteiger partial charge >= 0.3 is 0 Å². The molecule has 2 aromatic carbocycles. The maximum atomic E-state index is 10.3. The molecule has 100 valence electrons. The van der Waals surface area contributed by atoms with E-state index in [1.807, 2.05) is 24.3 Å². The van der Waals surface area contributed by atoms with Gasteiger partial charge in [0, 0.05) is 5.88 Å². The van der Waals surface area contributed by atoms with E-state index in [-0.39, 0.29) is 0 Å². The standard InChI is InChI=1S/C17H19ClO/c1-13-3-5-14(6-4-13)15-7-9-16(10-8-15)17(2,19)11-12-18/h3-10,19H,11-12H2,1-2H3. The Labute approximate surface area is 119 Å². The van der Waals surface area contributed by atoms with Crippen LogP contribution in [0.1, 0.15) is 24.5 Å². The van der Waals surface area contributed by atoms with Crippen LogP contribution in [0.4, 0.5) is 0 Å². The molecule has 0 aliphatic carbocycles. The Morgan fingerprint density at radius 1 is 0.947 bits per heavy atom. The Kier molecular flexibility index (Phi) is 4.28. The van der Waals surface area contributed by atoms with E-state index in [4.69, 9.17) is 11.6 Å². The first-order chi connectivity index (χ1) is 9.03. The summed E-state index contributed by atoms with van der Waals surface area (Å²) in [4.78, 5) is 0. The minimum atomic E-state index is -0.854. The molecule has 0 bridgehead atoms. The van der Waals surface area contributed by atoms with Gasteiger partial charge in [-0.2, -0.15) is 0 Å². The van der Waals surface area contributed by atoms with Gasteiger partial charge in [-0.1, -0.05) is 54.1 Å².